The third kappa shape index (κ3) is 8.03. The lowest BCUT2D eigenvalue weighted by Gasteiger charge is -2.14. The molecule has 27 heavy (non-hydrogen) atoms. The van der Waals surface area contributed by atoms with E-state index in [9.17, 15) is 13.2 Å². The van der Waals surface area contributed by atoms with Gasteiger partial charge in [0.25, 0.3) is 5.91 Å². The van der Waals surface area contributed by atoms with Crippen molar-refractivity contribution in [2.24, 2.45) is 0 Å². The van der Waals surface area contributed by atoms with Crippen LogP contribution in [0, 0.1) is 0 Å². The van der Waals surface area contributed by atoms with Gasteiger partial charge in [-0.1, -0.05) is 30.3 Å². The molecule has 0 radical (unpaired) electrons. The second-order valence-electron chi connectivity index (χ2n) is 5.96. The highest BCUT2D eigenvalue weighted by Gasteiger charge is 2.11. The third-order valence-electron chi connectivity index (χ3n) is 3.70. The standard InChI is InChI=1S/C19H24N2O4S2/c1-21(27(2,23)24)14-16-8-10-17(11-9-16)25-15-19(22)20-12-13-26-18-6-4-3-5-7-18/h3-11H,12-15H2,1-2H3,(H,20,22). The number of carbonyl (C=O) groups excluding carboxylic acids is 1. The first-order valence-electron chi connectivity index (χ1n) is 8.42. The molecule has 2 aromatic carbocycles. The number of nitrogens with one attached hydrogen (secondary N) is 1. The predicted molar refractivity (Wildman–Crippen MR) is 108 cm³/mol. The fraction of sp³-hybridized carbons (Fsp3) is 0.316. The molecule has 1 amide bonds. The van der Waals surface area contributed by atoms with Gasteiger partial charge in [-0.2, -0.15) is 0 Å². The number of sulfonamides is 1. The predicted octanol–water partition coefficient (Wildman–Crippen LogP) is 2.37. The minimum atomic E-state index is -3.21. The van der Waals surface area contributed by atoms with Crippen molar-refractivity contribution in [2.75, 3.05) is 32.2 Å². The summed E-state index contributed by atoms with van der Waals surface area (Å²) in [6.07, 6.45) is 1.17. The van der Waals surface area contributed by atoms with Gasteiger partial charge < -0.3 is 10.1 Å². The molecule has 0 aliphatic heterocycles. The minimum absolute atomic E-state index is 0.0570. The third-order valence-corrected chi connectivity index (χ3v) is 5.98. The van der Waals surface area contributed by atoms with E-state index in [1.807, 2.05) is 30.3 Å². The van der Waals surface area contributed by atoms with E-state index < -0.39 is 10.0 Å². The van der Waals surface area contributed by atoms with Crippen molar-refractivity contribution in [3.8, 4) is 5.75 Å². The first-order valence-corrected chi connectivity index (χ1v) is 11.3. The number of thioether (sulfide) groups is 1. The van der Waals surface area contributed by atoms with E-state index in [1.54, 1.807) is 36.0 Å². The summed E-state index contributed by atoms with van der Waals surface area (Å²) < 4.78 is 29.6. The Hall–Kier alpha value is -2.03. The molecule has 0 aromatic heterocycles. The molecule has 0 saturated heterocycles. The number of carbonyl (C=O) groups is 1. The van der Waals surface area contributed by atoms with Gasteiger partial charge in [0.05, 0.1) is 6.26 Å². The second kappa shape index (κ2) is 10.3. The molecule has 0 unspecified atom stereocenters. The molecule has 0 spiro atoms. The number of hydrogen-bond acceptors (Lipinski definition) is 5. The van der Waals surface area contributed by atoms with Gasteiger partial charge in [-0.05, 0) is 29.8 Å². The van der Waals surface area contributed by atoms with Crippen LogP contribution < -0.4 is 10.1 Å². The van der Waals surface area contributed by atoms with Crippen molar-refractivity contribution in [1.82, 2.24) is 9.62 Å². The van der Waals surface area contributed by atoms with E-state index in [4.69, 9.17) is 4.74 Å². The van der Waals surface area contributed by atoms with Gasteiger partial charge in [0, 0.05) is 30.8 Å². The van der Waals surface area contributed by atoms with Gasteiger partial charge in [-0.3, -0.25) is 4.79 Å². The smallest absolute Gasteiger partial charge is 0.257 e. The van der Waals surface area contributed by atoms with Gasteiger partial charge in [-0.15, -0.1) is 11.8 Å². The number of hydrogen-bond donors (Lipinski definition) is 1. The van der Waals surface area contributed by atoms with E-state index >= 15 is 0 Å². The van der Waals surface area contributed by atoms with Gasteiger partial charge in [0.1, 0.15) is 5.75 Å². The SMILES string of the molecule is CN(Cc1ccc(OCC(=O)NCCSc2ccccc2)cc1)S(C)(=O)=O. The number of rotatable bonds is 10. The molecule has 0 fully saturated rings. The molecule has 1 N–H and O–H groups in total. The summed E-state index contributed by atoms with van der Waals surface area (Å²) >= 11 is 1.68. The van der Waals surface area contributed by atoms with E-state index in [-0.39, 0.29) is 12.5 Å². The lowest BCUT2D eigenvalue weighted by molar-refractivity contribution is -0.122. The lowest BCUT2D eigenvalue weighted by Crippen LogP contribution is -2.30. The fourth-order valence-corrected chi connectivity index (χ4v) is 3.31. The quantitative estimate of drug-likeness (QED) is 0.482. The highest BCUT2D eigenvalue weighted by molar-refractivity contribution is 7.99. The Kier molecular flexibility index (Phi) is 8.15. The van der Waals surface area contributed by atoms with Crippen molar-refractivity contribution in [3.05, 3.63) is 60.2 Å². The van der Waals surface area contributed by atoms with Crippen molar-refractivity contribution in [1.29, 1.82) is 0 Å². The Morgan fingerprint density at radius 1 is 1.11 bits per heavy atom. The van der Waals surface area contributed by atoms with Crippen molar-refractivity contribution >= 4 is 27.7 Å². The summed E-state index contributed by atoms with van der Waals surface area (Å²) in [5, 5.41) is 2.82. The molecule has 0 bridgehead atoms. The number of ether oxygens (including phenoxy) is 1. The Bertz CT molecular complexity index is 825. The summed E-state index contributed by atoms with van der Waals surface area (Å²) in [4.78, 5) is 13.0. The topological polar surface area (TPSA) is 75.7 Å². The van der Waals surface area contributed by atoms with Crippen LogP contribution in [0.2, 0.25) is 0 Å². The average Bonchev–Trinajstić information content (AvgIpc) is 2.65. The first-order chi connectivity index (χ1) is 12.8. The van der Waals surface area contributed by atoms with Crippen LogP contribution in [0.25, 0.3) is 0 Å². The van der Waals surface area contributed by atoms with E-state index in [1.165, 1.54) is 22.5 Å². The van der Waals surface area contributed by atoms with Crippen LogP contribution in [0.1, 0.15) is 5.56 Å². The summed E-state index contributed by atoms with van der Waals surface area (Å²) in [5.41, 5.74) is 0.845. The average molecular weight is 409 g/mol. The molecule has 2 rings (SSSR count). The maximum Gasteiger partial charge on any atom is 0.257 e. The Morgan fingerprint density at radius 2 is 1.78 bits per heavy atom. The molecule has 2 aromatic rings. The largest absolute Gasteiger partial charge is 0.484 e. The lowest BCUT2D eigenvalue weighted by atomic mass is 10.2. The molecule has 0 heterocycles. The van der Waals surface area contributed by atoms with Crippen LogP contribution in [0.5, 0.6) is 5.75 Å². The molecular weight excluding hydrogens is 384 g/mol. The maximum absolute atomic E-state index is 11.8. The molecular formula is C19H24N2O4S2. The van der Waals surface area contributed by atoms with E-state index in [0.717, 1.165) is 11.3 Å². The second-order valence-corrected chi connectivity index (χ2v) is 9.22. The highest BCUT2D eigenvalue weighted by Crippen LogP contribution is 2.16. The first kappa shape index (κ1) is 21.3. The molecule has 0 aliphatic rings. The van der Waals surface area contributed by atoms with Crippen molar-refractivity contribution in [2.45, 2.75) is 11.4 Å². The van der Waals surface area contributed by atoms with E-state index in [2.05, 4.69) is 5.32 Å². The van der Waals surface area contributed by atoms with Crippen LogP contribution in [-0.4, -0.2) is 50.8 Å². The molecule has 0 atom stereocenters. The molecule has 0 saturated carbocycles. The fourth-order valence-electron chi connectivity index (χ4n) is 2.14. The zero-order valence-electron chi connectivity index (χ0n) is 15.4. The highest BCUT2D eigenvalue weighted by atomic mass is 32.2. The Labute approximate surface area is 165 Å². The number of amides is 1. The van der Waals surface area contributed by atoms with Gasteiger partial charge in [0.15, 0.2) is 6.61 Å². The molecule has 6 nitrogen and oxygen atoms in total. The zero-order chi connectivity index (χ0) is 19.7. The van der Waals surface area contributed by atoms with Crippen LogP contribution in [0.4, 0.5) is 0 Å². The van der Waals surface area contributed by atoms with Crippen LogP contribution >= 0.6 is 11.8 Å². The van der Waals surface area contributed by atoms with Crippen molar-refractivity contribution < 1.29 is 17.9 Å². The number of benzene rings is 2. The van der Waals surface area contributed by atoms with Crippen LogP contribution in [0.3, 0.4) is 0 Å². The normalized spacial score (nSPS) is 11.4. The van der Waals surface area contributed by atoms with Gasteiger partial charge >= 0.3 is 0 Å². The summed E-state index contributed by atoms with van der Waals surface area (Å²) in [6, 6.07) is 17.0. The zero-order valence-corrected chi connectivity index (χ0v) is 17.1. The van der Waals surface area contributed by atoms with Gasteiger partial charge in [0.2, 0.25) is 10.0 Å². The summed E-state index contributed by atoms with van der Waals surface area (Å²) in [5.74, 6) is 1.18. The number of nitrogens with zero attached hydrogens (tertiary/aromatic N) is 1. The molecule has 146 valence electrons. The van der Waals surface area contributed by atoms with Crippen LogP contribution in [0.15, 0.2) is 59.5 Å². The van der Waals surface area contributed by atoms with E-state index in [0.29, 0.717) is 18.8 Å². The minimum Gasteiger partial charge on any atom is -0.484 e. The maximum atomic E-state index is 11.8. The van der Waals surface area contributed by atoms with Crippen LogP contribution in [-0.2, 0) is 21.4 Å². The summed E-state index contributed by atoms with van der Waals surface area (Å²) in [6.45, 7) is 0.801. The Morgan fingerprint density at radius 3 is 2.41 bits per heavy atom. The Balaban J connectivity index is 1.67. The van der Waals surface area contributed by atoms with Crippen molar-refractivity contribution in [3.63, 3.8) is 0 Å². The summed E-state index contributed by atoms with van der Waals surface area (Å²) in [7, 11) is -1.69. The van der Waals surface area contributed by atoms with Gasteiger partial charge in [-0.25, -0.2) is 12.7 Å². The monoisotopic (exact) mass is 408 g/mol. The molecule has 0 aliphatic carbocycles. The molecule has 8 heteroatoms.